The lowest BCUT2D eigenvalue weighted by Crippen LogP contribution is -2.57. The first-order chi connectivity index (χ1) is 8.05. The van der Waals surface area contributed by atoms with Crippen LogP contribution in [0.2, 0.25) is 0 Å². The van der Waals surface area contributed by atoms with E-state index in [4.69, 9.17) is 5.73 Å². The maximum absolute atomic E-state index is 6.62. The second-order valence-corrected chi connectivity index (χ2v) is 7.88. The van der Waals surface area contributed by atoms with Crippen LogP contribution in [0.1, 0.15) is 71.6 Å². The van der Waals surface area contributed by atoms with Crippen molar-refractivity contribution in [3.8, 4) is 0 Å². The zero-order valence-corrected chi connectivity index (χ0v) is 11.7. The molecule has 4 aliphatic rings. The molecule has 3 atom stereocenters. The Morgan fingerprint density at radius 1 is 1.18 bits per heavy atom. The van der Waals surface area contributed by atoms with E-state index in [0.717, 1.165) is 11.8 Å². The summed E-state index contributed by atoms with van der Waals surface area (Å²) < 4.78 is 0. The van der Waals surface area contributed by atoms with Crippen LogP contribution in [-0.4, -0.2) is 6.04 Å². The Bertz CT molecular complexity index is 282. The zero-order valence-electron chi connectivity index (χ0n) is 11.7. The van der Waals surface area contributed by atoms with Gasteiger partial charge in [-0.2, -0.15) is 0 Å². The molecule has 4 fully saturated rings. The molecular weight excluding hydrogens is 206 g/mol. The lowest BCUT2D eigenvalue weighted by molar-refractivity contribution is -0.114. The first-order valence-corrected chi connectivity index (χ1v) is 7.81. The molecule has 0 amide bonds. The number of hydrogen-bond donors (Lipinski definition) is 1. The van der Waals surface area contributed by atoms with Crippen molar-refractivity contribution in [1.29, 1.82) is 0 Å². The van der Waals surface area contributed by atoms with Gasteiger partial charge in [-0.05, 0) is 67.6 Å². The van der Waals surface area contributed by atoms with Gasteiger partial charge in [-0.3, -0.25) is 0 Å². The monoisotopic (exact) mass is 235 g/mol. The van der Waals surface area contributed by atoms with E-state index < -0.39 is 0 Å². The van der Waals surface area contributed by atoms with Crippen molar-refractivity contribution in [3.05, 3.63) is 0 Å². The Morgan fingerprint density at radius 2 is 1.82 bits per heavy atom. The van der Waals surface area contributed by atoms with Crippen molar-refractivity contribution in [1.82, 2.24) is 0 Å². The average molecular weight is 235 g/mol. The van der Waals surface area contributed by atoms with Gasteiger partial charge in [0.05, 0.1) is 0 Å². The van der Waals surface area contributed by atoms with Crippen LogP contribution in [0.5, 0.6) is 0 Å². The molecule has 4 bridgehead atoms. The fraction of sp³-hybridized carbons (Fsp3) is 1.00. The molecular formula is C16H29N. The second kappa shape index (κ2) is 3.98. The Labute approximate surface area is 107 Å². The maximum Gasteiger partial charge on any atom is 0.00959 e. The van der Waals surface area contributed by atoms with E-state index in [-0.39, 0.29) is 0 Å². The van der Waals surface area contributed by atoms with Crippen LogP contribution in [0.3, 0.4) is 0 Å². The highest BCUT2D eigenvalue weighted by atomic mass is 14.7. The lowest BCUT2D eigenvalue weighted by atomic mass is 9.43. The number of nitrogens with two attached hydrogens (primary N) is 1. The minimum Gasteiger partial charge on any atom is -0.327 e. The van der Waals surface area contributed by atoms with E-state index in [1.54, 1.807) is 0 Å². The van der Waals surface area contributed by atoms with Crippen LogP contribution in [0, 0.1) is 22.7 Å². The van der Waals surface area contributed by atoms with Gasteiger partial charge in [0.1, 0.15) is 0 Å². The molecule has 0 aromatic heterocycles. The van der Waals surface area contributed by atoms with Gasteiger partial charge in [-0.25, -0.2) is 0 Å². The second-order valence-electron chi connectivity index (χ2n) is 7.88. The van der Waals surface area contributed by atoms with Crippen LogP contribution in [0.15, 0.2) is 0 Å². The normalized spacial score (nSPS) is 49.6. The van der Waals surface area contributed by atoms with Gasteiger partial charge in [0.2, 0.25) is 0 Å². The summed E-state index contributed by atoms with van der Waals surface area (Å²) in [6.07, 6.45) is 12.8. The third-order valence-electron chi connectivity index (χ3n) is 6.05. The summed E-state index contributed by atoms with van der Waals surface area (Å²) in [5, 5.41) is 0. The number of hydrogen-bond acceptors (Lipinski definition) is 1. The van der Waals surface area contributed by atoms with E-state index >= 15 is 0 Å². The molecule has 0 aromatic carbocycles. The average Bonchev–Trinajstić information content (AvgIpc) is 2.22. The first-order valence-electron chi connectivity index (χ1n) is 7.81. The maximum atomic E-state index is 6.62. The standard InChI is InChI=1S/C16H29N/c1-3-4-5-14(17)16-9-12-6-13(10-16)8-15(2,7-12)11-16/h12-14H,3-11,17H2,1-2H3. The largest absolute Gasteiger partial charge is 0.327 e. The molecule has 3 unspecified atom stereocenters. The molecule has 0 saturated heterocycles. The van der Waals surface area contributed by atoms with Gasteiger partial charge >= 0.3 is 0 Å². The topological polar surface area (TPSA) is 26.0 Å². The molecule has 17 heavy (non-hydrogen) atoms. The summed E-state index contributed by atoms with van der Waals surface area (Å²) in [7, 11) is 0. The molecule has 0 aliphatic heterocycles. The van der Waals surface area contributed by atoms with Crippen molar-refractivity contribution in [2.24, 2.45) is 28.4 Å². The Kier molecular flexibility index (Phi) is 2.81. The smallest absolute Gasteiger partial charge is 0.00959 e. The van der Waals surface area contributed by atoms with Crippen LogP contribution in [0.4, 0.5) is 0 Å². The molecule has 1 heteroatoms. The Morgan fingerprint density at radius 3 is 2.35 bits per heavy atom. The summed E-state index contributed by atoms with van der Waals surface area (Å²) >= 11 is 0. The van der Waals surface area contributed by atoms with Gasteiger partial charge in [-0.1, -0.05) is 26.7 Å². The van der Waals surface area contributed by atoms with Gasteiger partial charge in [-0.15, -0.1) is 0 Å². The molecule has 4 aliphatic carbocycles. The fourth-order valence-electron chi connectivity index (χ4n) is 5.96. The van der Waals surface area contributed by atoms with E-state index in [1.807, 2.05) is 0 Å². The Hall–Kier alpha value is -0.0400. The molecule has 0 radical (unpaired) electrons. The van der Waals surface area contributed by atoms with Crippen molar-refractivity contribution in [3.63, 3.8) is 0 Å². The molecule has 2 N–H and O–H groups in total. The molecule has 0 aromatic rings. The van der Waals surface area contributed by atoms with Gasteiger partial charge < -0.3 is 5.73 Å². The highest BCUT2D eigenvalue weighted by Gasteiger charge is 2.57. The van der Waals surface area contributed by atoms with Crippen LogP contribution < -0.4 is 5.73 Å². The number of unbranched alkanes of at least 4 members (excludes halogenated alkanes) is 1. The quantitative estimate of drug-likeness (QED) is 0.779. The summed E-state index contributed by atoms with van der Waals surface area (Å²) in [4.78, 5) is 0. The van der Waals surface area contributed by atoms with Crippen LogP contribution in [0.25, 0.3) is 0 Å². The summed E-state index contributed by atoms with van der Waals surface area (Å²) in [5.74, 6) is 2.04. The molecule has 4 saturated carbocycles. The predicted molar refractivity (Wildman–Crippen MR) is 72.7 cm³/mol. The van der Waals surface area contributed by atoms with Crippen LogP contribution >= 0.6 is 0 Å². The molecule has 0 spiro atoms. The molecule has 98 valence electrons. The fourth-order valence-corrected chi connectivity index (χ4v) is 5.96. The van der Waals surface area contributed by atoms with Crippen LogP contribution in [-0.2, 0) is 0 Å². The lowest BCUT2D eigenvalue weighted by Gasteiger charge is -2.63. The minimum absolute atomic E-state index is 0.493. The first kappa shape index (κ1) is 12.0. The molecule has 1 nitrogen and oxygen atoms in total. The SMILES string of the molecule is CCCCC(N)C12CC3CC(CC(C)(C3)C1)C2. The minimum atomic E-state index is 0.493. The van der Waals surface area contributed by atoms with E-state index in [9.17, 15) is 0 Å². The van der Waals surface area contributed by atoms with Crippen molar-refractivity contribution >= 4 is 0 Å². The van der Waals surface area contributed by atoms with E-state index in [1.165, 1.54) is 57.8 Å². The van der Waals surface area contributed by atoms with Crippen molar-refractivity contribution in [2.45, 2.75) is 77.7 Å². The zero-order chi connectivity index (χ0) is 12.1. The van der Waals surface area contributed by atoms with Gasteiger partial charge in [0.25, 0.3) is 0 Å². The third-order valence-corrected chi connectivity index (χ3v) is 6.05. The van der Waals surface area contributed by atoms with E-state index in [2.05, 4.69) is 13.8 Å². The summed E-state index contributed by atoms with van der Waals surface area (Å²) in [5.41, 5.74) is 7.83. The summed E-state index contributed by atoms with van der Waals surface area (Å²) in [6.45, 7) is 4.83. The number of rotatable bonds is 4. The van der Waals surface area contributed by atoms with Crippen molar-refractivity contribution < 1.29 is 0 Å². The highest BCUT2D eigenvalue weighted by molar-refractivity contribution is 5.09. The molecule has 0 heterocycles. The summed E-state index contributed by atoms with van der Waals surface area (Å²) in [6, 6.07) is 0.493. The van der Waals surface area contributed by atoms with Gasteiger partial charge in [0.15, 0.2) is 0 Å². The Balaban J connectivity index is 1.78. The predicted octanol–water partition coefficient (Wildman–Crippen LogP) is 4.11. The highest BCUT2D eigenvalue weighted by Crippen LogP contribution is 2.66. The van der Waals surface area contributed by atoms with Crippen molar-refractivity contribution in [2.75, 3.05) is 0 Å². The van der Waals surface area contributed by atoms with E-state index in [0.29, 0.717) is 16.9 Å². The third kappa shape index (κ3) is 1.95. The van der Waals surface area contributed by atoms with Gasteiger partial charge in [0, 0.05) is 6.04 Å². The molecule has 4 rings (SSSR count).